The van der Waals surface area contributed by atoms with Gasteiger partial charge in [-0.25, -0.2) is 18.7 Å². The normalized spacial score (nSPS) is 24.0. The van der Waals surface area contributed by atoms with Crippen LogP contribution in [0.1, 0.15) is 59.2 Å². The number of nitrogens with one attached hydrogen (secondary N) is 2. The maximum Gasteiger partial charge on any atom is 0.284 e. The molecule has 4 aliphatic rings. The summed E-state index contributed by atoms with van der Waals surface area (Å²) < 4.78 is 30.2. The first-order chi connectivity index (χ1) is 23.0. The topological polar surface area (TPSA) is 131 Å². The number of anilines is 2. The molecule has 0 bridgehead atoms. The third kappa shape index (κ3) is 6.46. The average molecular weight is 680 g/mol. The lowest BCUT2D eigenvalue weighted by molar-refractivity contribution is -0.136. The summed E-state index contributed by atoms with van der Waals surface area (Å²) in [5.41, 5.74) is 2.78. The van der Waals surface area contributed by atoms with Crippen LogP contribution < -0.4 is 15.5 Å². The van der Waals surface area contributed by atoms with Gasteiger partial charge in [0.1, 0.15) is 6.04 Å². The van der Waals surface area contributed by atoms with Gasteiger partial charge < -0.3 is 20.2 Å². The van der Waals surface area contributed by atoms with Gasteiger partial charge in [-0.15, -0.1) is 0 Å². The van der Waals surface area contributed by atoms with Gasteiger partial charge in [-0.1, -0.05) is 35.9 Å². The van der Waals surface area contributed by atoms with Crippen molar-refractivity contribution in [2.24, 2.45) is 0 Å². The molecule has 11 nitrogen and oxygen atoms in total. The molecular formula is C34H36ClF2N7O4. The molecule has 3 fully saturated rings. The molecule has 0 spiro atoms. The highest BCUT2D eigenvalue weighted by Gasteiger charge is 2.45. The Morgan fingerprint density at radius 1 is 1.00 bits per heavy atom. The van der Waals surface area contributed by atoms with E-state index in [-0.39, 0.29) is 37.1 Å². The standard InChI is InChI=1S/C34H36ClF2N7O4/c35-24-16-38-32(39-17-24)40-28-9-12-43(20-34(28,36)37)25-4-1-21(2-5-25)18-42-13-10-33(48,11-14-42)23-3-6-26-22(15-23)19-44(31(26)47)27-7-8-29(45)41-30(27)46/h1-6,15-17,27-28,48H,7-14,18-20H2,(H,38,39,40)(H,41,45,46). The number of aliphatic hydroxyl groups is 1. The Bertz CT molecular complexity index is 1720. The minimum absolute atomic E-state index is 0.125. The molecule has 48 heavy (non-hydrogen) atoms. The fourth-order valence-corrected chi connectivity index (χ4v) is 7.28. The number of hydrogen-bond donors (Lipinski definition) is 3. The monoisotopic (exact) mass is 679 g/mol. The Labute approximate surface area is 281 Å². The number of fused-ring (bicyclic) bond motifs is 1. The van der Waals surface area contributed by atoms with Crippen molar-refractivity contribution in [3.05, 3.63) is 82.1 Å². The molecule has 2 unspecified atom stereocenters. The number of benzene rings is 2. The molecule has 3 N–H and O–H groups in total. The van der Waals surface area contributed by atoms with Crippen LogP contribution in [0.2, 0.25) is 5.02 Å². The van der Waals surface area contributed by atoms with E-state index in [0.29, 0.717) is 56.0 Å². The molecule has 0 radical (unpaired) electrons. The Balaban J connectivity index is 0.924. The molecule has 3 saturated heterocycles. The molecule has 3 amide bonds. The zero-order chi connectivity index (χ0) is 33.6. The van der Waals surface area contributed by atoms with Crippen molar-refractivity contribution in [1.29, 1.82) is 0 Å². The van der Waals surface area contributed by atoms with E-state index in [9.17, 15) is 19.5 Å². The van der Waals surface area contributed by atoms with Gasteiger partial charge in [-0.3, -0.25) is 24.6 Å². The molecule has 3 aromatic rings. The second-order valence-electron chi connectivity index (χ2n) is 13.1. The van der Waals surface area contributed by atoms with Gasteiger partial charge in [0.15, 0.2) is 0 Å². The Morgan fingerprint density at radius 3 is 2.42 bits per heavy atom. The smallest absolute Gasteiger partial charge is 0.284 e. The summed E-state index contributed by atoms with van der Waals surface area (Å²) in [6.07, 6.45) is 4.47. The van der Waals surface area contributed by atoms with Crippen molar-refractivity contribution in [3.8, 4) is 0 Å². The van der Waals surface area contributed by atoms with Crippen LogP contribution >= 0.6 is 11.6 Å². The number of hydrogen-bond acceptors (Lipinski definition) is 9. The number of imide groups is 1. The quantitative estimate of drug-likeness (QED) is 0.320. The van der Waals surface area contributed by atoms with Crippen molar-refractivity contribution >= 4 is 41.0 Å². The lowest BCUT2D eigenvalue weighted by atomic mass is 9.83. The summed E-state index contributed by atoms with van der Waals surface area (Å²) in [6, 6.07) is 11.3. The maximum atomic E-state index is 15.1. The minimum atomic E-state index is -2.99. The highest BCUT2D eigenvalue weighted by atomic mass is 35.5. The lowest BCUT2D eigenvalue weighted by Crippen LogP contribution is -2.54. The second kappa shape index (κ2) is 12.7. The first-order valence-electron chi connectivity index (χ1n) is 16.2. The number of carbonyl (C=O) groups is 3. The van der Waals surface area contributed by atoms with E-state index in [2.05, 4.69) is 25.5 Å². The fraction of sp³-hybridized carbons (Fsp3) is 0.441. The van der Waals surface area contributed by atoms with Crippen LogP contribution in [-0.4, -0.2) is 86.8 Å². The molecule has 2 aromatic carbocycles. The van der Waals surface area contributed by atoms with Crippen LogP contribution in [0.5, 0.6) is 0 Å². The molecule has 5 heterocycles. The van der Waals surface area contributed by atoms with E-state index in [4.69, 9.17) is 11.6 Å². The summed E-state index contributed by atoms with van der Waals surface area (Å²) in [5.74, 6) is -3.88. The summed E-state index contributed by atoms with van der Waals surface area (Å²) in [6.45, 7) is 2.27. The molecule has 2 atom stereocenters. The Hall–Kier alpha value is -4.20. The van der Waals surface area contributed by atoms with Gasteiger partial charge in [0.25, 0.3) is 11.8 Å². The number of aromatic nitrogens is 2. The number of nitrogens with zero attached hydrogens (tertiary/aromatic N) is 5. The van der Waals surface area contributed by atoms with Gasteiger partial charge in [0.2, 0.25) is 17.8 Å². The van der Waals surface area contributed by atoms with Crippen LogP contribution in [0.25, 0.3) is 0 Å². The van der Waals surface area contributed by atoms with E-state index < -0.39 is 36.1 Å². The number of carbonyl (C=O) groups excluding carboxylic acids is 3. The molecule has 4 aliphatic heterocycles. The number of rotatable bonds is 7. The molecule has 0 saturated carbocycles. The molecular weight excluding hydrogens is 644 g/mol. The molecule has 0 aliphatic carbocycles. The van der Waals surface area contributed by atoms with Crippen molar-refractivity contribution in [3.63, 3.8) is 0 Å². The number of likely N-dealkylation sites (tertiary alicyclic amines) is 1. The predicted octanol–water partition coefficient (Wildman–Crippen LogP) is 3.70. The highest BCUT2D eigenvalue weighted by Crippen LogP contribution is 2.37. The molecule has 14 heteroatoms. The third-order valence-electron chi connectivity index (χ3n) is 9.97. The van der Waals surface area contributed by atoms with Crippen LogP contribution in [0.4, 0.5) is 20.4 Å². The number of alkyl halides is 2. The third-order valence-corrected chi connectivity index (χ3v) is 10.2. The lowest BCUT2D eigenvalue weighted by Gasteiger charge is -2.40. The van der Waals surface area contributed by atoms with Gasteiger partial charge in [-0.05, 0) is 60.6 Å². The van der Waals surface area contributed by atoms with Crippen LogP contribution in [0.3, 0.4) is 0 Å². The Morgan fingerprint density at radius 2 is 1.73 bits per heavy atom. The first-order valence-corrected chi connectivity index (χ1v) is 16.5. The van der Waals surface area contributed by atoms with Crippen molar-refractivity contribution in [2.45, 2.75) is 68.8 Å². The van der Waals surface area contributed by atoms with Crippen molar-refractivity contribution in [1.82, 2.24) is 25.1 Å². The van der Waals surface area contributed by atoms with Crippen molar-refractivity contribution < 1.29 is 28.3 Å². The average Bonchev–Trinajstić information content (AvgIpc) is 3.39. The first kappa shape index (κ1) is 32.4. The van der Waals surface area contributed by atoms with E-state index in [1.165, 1.54) is 17.3 Å². The summed E-state index contributed by atoms with van der Waals surface area (Å²) in [4.78, 5) is 50.5. The van der Waals surface area contributed by atoms with Crippen LogP contribution in [-0.2, 0) is 28.3 Å². The van der Waals surface area contributed by atoms with Crippen LogP contribution in [0.15, 0.2) is 54.9 Å². The fourth-order valence-electron chi connectivity index (χ4n) is 7.18. The summed E-state index contributed by atoms with van der Waals surface area (Å²) >= 11 is 5.80. The van der Waals surface area contributed by atoms with E-state index in [1.807, 2.05) is 30.3 Å². The number of amides is 3. The van der Waals surface area contributed by atoms with E-state index in [1.54, 1.807) is 17.0 Å². The van der Waals surface area contributed by atoms with Gasteiger partial charge in [0, 0.05) is 50.4 Å². The zero-order valence-corrected chi connectivity index (χ0v) is 26.9. The Kier molecular flexibility index (Phi) is 8.55. The number of halogens is 3. The SMILES string of the molecule is O=C1CCC(N2Cc3cc(C4(O)CCN(Cc5ccc(N6CCC(Nc7ncc(Cl)cn7)C(F)(F)C6)cc5)CC4)ccc3C2=O)C(=O)N1. The number of piperidine rings is 3. The zero-order valence-electron chi connectivity index (χ0n) is 26.2. The van der Waals surface area contributed by atoms with Gasteiger partial charge in [0.05, 0.1) is 35.6 Å². The summed E-state index contributed by atoms with van der Waals surface area (Å²) in [5, 5.41) is 17.0. The second-order valence-corrected chi connectivity index (χ2v) is 13.6. The largest absolute Gasteiger partial charge is 0.385 e. The van der Waals surface area contributed by atoms with Gasteiger partial charge in [-0.2, -0.15) is 0 Å². The van der Waals surface area contributed by atoms with Gasteiger partial charge >= 0.3 is 0 Å². The van der Waals surface area contributed by atoms with Crippen molar-refractivity contribution in [2.75, 3.05) is 36.4 Å². The molecule has 1 aromatic heterocycles. The summed E-state index contributed by atoms with van der Waals surface area (Å²) in [7, 11) is 0. The minimum Gasteiger partial charge on any atom is -0.385 e. The van der Waals surface area contributed by atoms with E-state index >= 15 is 8.78 Å². The molecule has 252 valence electrons. The predicted molar refractivity (Wildman–Crippen MR) is 174 cm³/mol. The highest BCUT2D eigenvalue weighted by molar-refractivity contribution is 6.30. The maximum absolute atomic E-state index is 15.1. The molecule has 7 rings (SSSR count). The van der Waals surface area contributed by atoms with Crippen LogP contribution in [0, 0.1) is 0 Å². The van der Waals surface area contributed by atoms with E-state index in [0.717, 1.165) is 22.4 Å².